The highest BCUT2D eigenvalue weighted by molar-refractivity contribution is 6.31. The number of nitrogens with one attached hydrogen (secondary N) is 1. The molecule has 1 heterocycles. The van der Waals surface area contributed by atoms with Crippen molar-refractivity contribution in [3.8, 4) is 5.75 Å². The molecule has 1 atom stereocenters. The van der Waals surface area contributed by atoms with E-state index in [9.17, 15) is 9.18 Å². The van der Waals surface area contributed by atoms with Gasteiger partial charge in [0, 0.05) is 37.3 Å². The van der Waals surface area contributed by atoms with Crippen LogP contribution in [-0.4, -0.2) is 43.3 Å². The van der Waals surface area contributed by atoms with Crippen LogP contribution < -0.4 is 10.1 Å². The minimum absolute atomic E-state index is 0.0845. The predicted octanol–water partition coefficient (Wildman–Crippen LogP) is 3.36. The van der Waals surface area contributed by atoms with Crippen molar-refractivity contribution in [1.29, 1.82) is 0 Å². The molecule has 1 amide bonds. The standard InChI is InChI=1S/C17H22ClFN2O3/c1-3-7-23-13-8-15(18)14(16(19)9-13)11-24-17(22)21-6-5-20-10-12(21)4-2/h3,8-9,12,20H,1,4-7,10-11H2,2H3. The van der Waals surface area contributed by atoms with Gasteiger partial charge in [0.25, 0.3) is 0 Å². The van der Waals surface area contributed by atoms with E-state index in [0.29, 0.717) is 12.3 Å². The molecule has 0 saturated carbocycles. The summed E-state index contributed by atoms with van der Waals surface area (Å²) >= 11 is 6.08. The van der Waals surface area contributed by atoms with Crippen LogP contribution in [-0.2, 0) is 11.3 Å². The SMILES string of the molecule is C=CCOc1cc(F)c(COC(=O)N2CCNCC2CC)c(Cl)c1. The molecule has 0 aliphatic carbocycles. The largest absolute Gasteiger partial charge is 0.489 e. The average Bonchev–Trinajstić information content (AvgIpc) is 2.58. The Hall–Kier alpha value is -1.79. The van der Waals surface area contributed by atoms with E-state index >= 15 is 0 Å². The van der Waals surface area contributed by atoms with E-state index in [1.54, 1.807) is 11.0 Å². The van der Waals surface area contributed by atoms with Crippen molar-refractivity contribution < 1.29 is 18.7 Å². The van der Waals surface area contributed by atoms with Crippen LogP contribution in [0.1, 0.15) is 18.9 Å². The van der Waals surface area contributed by atoms with Gasteiger partial charge in [0.15, 0.2) is 0 Å². The van der Waals surface area contributed by atoms with Gasteiger partial charge in [-0.1, -0.05) is 31.2 Å². The second-order valence-corrected chi connectivity index (χ2v) is 5.89. The molecule has 5 nitrogen and oxygen atoms in total. The Kier molecular flexibility index (Phi) is 6.87. The first-order valence-corrected chi connectivity index (χ1v) is 8.30. The minimum Gasteiger partial charge on any atom is -0.489 e. The molecular formula is C17H22ClFN2O3. The lowest BCUT2D eigenvalue weighted by Crippen LogP contribution is -2.53. The average molecular weight is 357 g/mol. The Balaban J connectivity index is 2.00. The monoisotopic (exact) mass is 356 g/mol. The lowest BCUT2D eigenvalue weighted by atomic mass is 10.1. The summed E-state index contributed by atoms with van der Waals surface area (Å²) in [6.07, 6.45) is 1.93. The Labute approximate surface area is 146 Å². The van der Waals surface area contributed by atoms with Gasteiger partial charge in [-0.05, 0) is 12.5 Å². The number of carbonyl (C=O) groups is 1. The normalized spacial score (nSPS) is 17.5. The van der Waals surface area contributed by atoms with Crippen LogP contribution in [0.3, 0.4) is 0 Å². The molecule has 1 aliphatic rings. The van der Waals surface area contributed by atoms with Crippen molar-refractivity contribution in [2.45, 2.75) is 26.0 Å². The fourth-order valence-electron chi connectivity index (χ4n) is 2.54. The van der Waals surface area contributed by atoms with Gasteiger partial charge < -0.3 is 19.7 Å². The summed E-state index contributed by atoms with van der Waals surface area (Å²) < 4.78 is 24.7. The molecule has 7 heteroatoms. The van der Waals surface area contributed by atoms with E-state index in [4.69, 9.17) is 21.1 Å². The van der Waals surface area contributed by atoms with Gasteiger partial charge in [-0.25, -0.2) is 9.18 Å². The third kappa shape index (κ3) is 4.61. The molecule has 0 spiro atoms. The Morgan fingerprint density at radius 3 is 3.04 bits per heavy atom. The van der Waals surface area contributed by atoms with Gasteiger partial charge in [0.2, 0.25) is 0 Å². The van der Waals surface area contributed by atoms with E-state index in [1.807, 2.05) is 6.92 Å². The summed E-state index contributed by atoms with van der Waals surface area (Å²) in [6.45, 7) is 7.60. The molecule has 1 fully saturated rings. The molecule has 1 aliphatic heterocycles. The van der Waals surface area contributed by atoms with Gasteiger partial charge in [0.1, 0.15) is 24.8 Å². The molecule has 0 bridgehead atoms. The fraction of sp³-hybridized carbons (Fsp3) is 0.471. The molecule has 1 N–H and O–H groups in total. The van der Waals surface area contributed by atoms with Gasteiger partial charge in [-0.15, -0.1) is 0 Å². The van der Waals surface area contributed by atoms with Crippen LogP contribution in [0.5, 0.6) is 5.75 Å². The zero-order valence-corrected chi connectivity index (χ0v) is 14.4. The number of nitrogens with zero attached hydrogens (tertiary/aromatic N) is 1. The summed E-state index contributed by atoms with van der Waals surface area (Å²) in [5.74, 6) is -0.262. The first-order valence-electron chi connectivity index (χ1n) is 7.92. The molecule has 1 saturated heterocycles. The van der Waals surface area contributed by atoms with Gasteiger partial charge in [-0.3, -0.25) is 0 Å². The lowest BCUT2D eigenvalue weighted by molar-refractivity contribution is 0.0707. The molecule has 132 valence electrons. The molecular weight excluding hydrogens is 335 g/mol. The number of rotatable bonds is 6. The molecule has 1 unspecified atom stereocenters. The lowest BCUT2D eigenvalue weighted by Gasteiger charge is -2.34. The van der Waals surface area contributed by atoms with E-state index in [-0.39, 0.29) is 29.8 Å². The number of benzene rings is 1. The van der Waals surface area contributed by atoms with Gasteiger partial charge in [0.05, 0.1) is 5.02 Å². The minimum atomic E-state index is -0.568. The maximum absolute atomic E-state index is 14.2. The van der Waals surface area contributed by atoms with E-state index < -0.39 is 11.9 Å². The van der Waals surface area contributed by atoms with Crippen LogP contribution in [0.25, 0.3) is 0 Å². The van der Waals surface area contributed by atoms with E-state index in [0.717, 1.165) is 19.5 Å². The predicted molar refractivity (Wildman–Crippen MR) is 90.9 cm³/mol. The number of hydrogen-bond donors (Lipinski definition) is 1. The van der Waals surface area contributed by atoms with Crippen molar-refractivity contribution in [3.05, 3.63) is 41.2 Å². The number of piperazine rings is 1. The maximum Gasteiger partial charge on any atom is 0.410 e. The zero-order valence-electron chi connectivity index (χ0n) is 13.7. The van der Waals surface area contributed by atoms with Crippen molar-refractivity contribution in [1.82, 2.24) is 10.2 Å². The smallest absolute Gasteiger partial charge is 0.410 e. The summed E-state index contributed by atoms with van der Waals surface area (Å²) in [7, 11) is 0. The van der Waals surface area contributed by atoms with Crippen LogP contribution in [0.2, 0.25) is 5.02 Å². The summed E-state index contributed by atoms with van der Waals surface area (Å²) in [4.78, 5) is 13.9. The summed E-state index contributed by atoms with van der Waals surface area (Å²) in [5.41, 5.74) is 0.138. The topological polar surface area (TPSA) is 50.8 Å². The van der Waals surface area contributed by atoms with Crippen LogP contribution >= 0.6 is 11.6 Å². The Bertz CT molecular complexity index is 574. The van der Waals surface area contributed by atoms with Crippen LogP contribution in [0.15, 0.2) is 24.8 Å². The number of hydrogen-bond acceptors (Lipinski definition) is 4. The van der Waals surface area contributed by atoms with Crippen molar-refractivity contribution in [3.63, 3.8) is 0 Å². The molecule has 2 rings (SSSR count). The molecule has 1 aromatic carbocycles. The number of carbonyl (C=O) groups excluding carboxylic acids is 1. The summed E-state index contributed by atoms with van der Waals surface area (Å²) in [5, 5.41) is 3.40. The highest BCUT2D eigenvalue weighted by atomic mass is 35.5. The summed E-state index contributed by atoms with van der Waals surface area (Å²) in [6, 6.07) is 2.80. The van der Waals surface area contributed by atoms with Crippen molar-refractivity contribution in [2.24, 2.45) is 0 Å². The second kappa shape index (κ2) is 8.89. The highest BCUT2D eigenvalue weighted by Gasteiger charge is 2.26. The van der Waals surface area contributed by atoms with E-state index in [1.165, 1.54) is 12.1 Å². The quantitative estimate of drug-likeness (QED) is 0.794. The van der Waals surface area contributed by atoms with Gasteiger partial charge in [-0.2, -0.15) is 0 Å². The van der Waals surface area contributed by atoms with Crippen molar-refractivity contribution in [2.75, 3.05) is 26.2 Å². The third-order valence-electron chi connectivity index (χ3n) is 3.88. The number of halogens is 2. The molecule has 1 aromatic rings. The molecule has 24 heavy (non-hydrogen) atoms. The van der Waals surface area contributed by atoms with Crippen molar-refractivity contribution >= 4 is 17.7 Å². The second-order valence-electron chi connectivity index (χ2n) is 5.48. The maximum atomic E-state index is 14.2. The Morgan fingerprint density at radius 2 is 2.38 bits per heavy atom. The first-order chi connectivity index (χ1) is 11.6. The fourth-order valence-corrected chi connectivity index (χ4v) is 2.79. The highest BCUT2D eigenvalue weighted by Crippen LogP contribution is 2.27. The third-order valence-corrected chi connectivity index (χ3v) is 4.22. The zero-order chi connectivity index (χ0) is 17.5. The van der Waals surface area contributed by atoms with E-state index in [2.05, 4.69) is 11.9 Å². The molecule has 0 aromatic heterocycles. The number of ether oxygens (including phenoxy) is 2. The number of amides is 1. The molecule has 0 radical (unpaired) electrons. The Morgan fingerprint density at radius 1 is 1.58 bits per heavy atom. The van der Waals surface area contributed by atoms with Crippen LogP contribution in [0, 0.1) is 5.82 Å². The van der Waals surface area contributed by atoms with Gasteiger partial charge >= 0.3 is 6.09 Å². The van der Waals surface area contributed by atoms with Crippen LogP contribution in [0.4, 0.5) is 9.18 Å². The first kappa shape index (κ1) is 18.5.